The third kappa shape index (κ3) is 5.01. The lowest BCUT2D eigenvalue weighted by molar-refractivity contribution is -0.113. The molecule has 0 saturated carbocycles. The van der Waals surface area contributed by atoms with E-state index in [9.17, 15) is 19.2 Å². The molecule has 0 aliphatic rings. The van der Waals surface area contributed by atoms with Crippen molar-refractivity contribution >= 4 is 52.2 Å². The van der Waals surface area contributed by atoms with E-state index in [4.69, 9.17) is 17.3 Å². The molecule has 15 heteroatoms. The molecule has 40 heavy (non-hydrogen) atoms. The van der Waals surface area contributed by atoms with Crippen molar-refractivity contribution in [3.63, 3.8) is 0 Å². The van der Waals surface area contributed by atoms with Gasteiger partial charge in [0.1, 0.15) is 0 Å². The monoisotopic (exact) mass is 579 g/mol. The number of nitrogens with one attached hydrogen (secondary N) is 1. The molecular formula is C25H22ClN9O4S. The molecule has 2 amide bonds. The van der Waals surface area contributed by atoms with Crippen LogP contribution in [0.15, 0.2) is 69.3 Å². The second-order valence-electron chi connectivity index (χ2n) is 8.67. The van der Waals surface area contributed by atoms with Crippen LogP contribution in [-0.2, 0) is 25.4 Å². The number of benzene rings is 2. The van der Waals surface area contributed by atoms with Crippen molar-refractivity contribution in [2.45, 2.75) is 11.7 Å². The lowest BCUT2D eigenvalue weighted by atomic mass is 10.2. The summed E-state index contributed by atoms with van der Waals surface area (Å²) in [7, 11) is 2.90. The number of rotatable bonds is 8. The molecule has 0 aliphatic heterocycles. The Morgan fingerprint density at radius 2 is 1.70 bits per heavy atom. The standard InChI is InChI=1S/C25H22ClN9O4S/c1-32-22-19(23(38)33(2)25(32)39)34(12-14-8-6-7-11-16(14)26)24(29-22)40-13-17(36)28-21-18(20(27)37)30-35(31-21)15-9-4-3-5-10-15/h3-11H,12-13H2,1-2H3,(H2,27,37)(H,28,31,36). The summed E-state index contributed by atoms with van der Waals surface area (Å²) in [6.07, 6.45) is 0. The average Bonchev–Trinajstić information content (AvgIpc) is 3.53. The number of fused-ring (bicyclic) bond motifs is 1. The van der Waals surface area contributed by atoms with Gasteiger partial charge in [-0.15, -0.1) is 15.0 Å². The molecule has 3 N–H and O–H groups in total. The first-order chi connectivity index (χ1) is 19.2. The van der Waals surface area contributed by atoms with E-state index in [1.165, 1.54) is 23.5 Å². The number of aryl methyl sites for hydroxylation is 1. The van der Waals surface area contributed by atoms with Crippen LogP contribution >= 0.6 is 23.4 Å². The molecule has 13 nitrogen and oxygen atoms in total. The number of primary amides is 1. The van der Waals surface area contributed by atoms with Crippen molar-refractivity contribution in [3.05, 3.63) is 91.7 Å². The van der Waals surface area contributed by atoms with E-state index in [0.717, 1.165) is 16.3 Å². The summed E-state index contributed by atoms with van der Waals surface area (Å²) in [6.45, 7) is 0.171. The number of thioether (sulfide) groups is 1. The quantitative estimate of drug-likeness (QED) is 0.261. The summed E-state index contributed by atoms with van der Waals surface area (Å²) in [5.74, 6) is -1.65. The lowest BCUT2D eigenvalue weighted by Crippen LogP contribution is -2.37. The Kier molecular flexibility index (Phi) is 7.28. The van der Waals surface area contributed by atoms with Gasteiger partial charge in [0, 0.05) is 19.1 Å². The summed E-state index contributed by atoms with van der Waals surface area (Å²) in [6, 6.07) is 16.0. The molecule has 0 radical (unpaired) electrons. The first kappa shape index (κ1) is 26.9. The van der Waals surface area contributed by atoms with E-state index in [1.54, 1.807) is 41.0 Å². The zero-order valence-corrected chi connectivity index (χ0v) is 22.8. The number of amides is 2. The Bertz CT molecular complexity index is 1890. The number of carbonyl (C=O) groups excluding carboxylic acids is 2. The predicted molar refractivity (Wildman–Crippen MR) is 150 cm³/mol. The number of carbonyl (C=O) groups is 2. The Labute approximate surface area is 235 Å². The number of imidazole rings is 1. The fourth-order valence-electron chi connectivity index (χ4n) is 4.01. The van der Waals surface area contributed by atoms with Crippen molar-refractivity contribution in [3.8, 4) is 5.69 Å². The summed E-state index contributed by atoms with van der Waals surface area (Å²) in [5.41, 5.74) is 5.84. The second-order valence-corrected chi connectivity index (χ2v) is 10.0. The molecule has 5 rings (SSSR count). The van der Waals surface area contributed by atoms with Crippen molar-refractivity contribution in [2.75, 3.05) is 11.1 Å². The fourth-order valence-corrected chi connectivity index (χ4v) is 5.00. The van der Waals surface area contributed by atoms with Crippen LogP contribution in [0.5, 0.6) is 0 Å². The molecule has 3 heterocycles. The summed E-state index contributed by atoms with van der Waals surface area (Å²) in [4.78, 5) is 56.3. The summed E-state index contributed by atoms with van der Waals surface area (Å²) in [5, 5.41) is 11.7. The highest BCUT2D eigenvalue weighted by atomic mass is 35.5. The molecule has 0 fully saturated rings. The highest BCUT2D eigenvalue weighted by Gasteiger charge is 2.23. The highest BCUT2D eigenvalue weighted by Crippen LogP contribution is 2.25. The van der Waals surface area contributed by atoms with E-state index in [-0.39, 0.29) is 35.0 Å². The highest BCUT2D eigenvalue weighted by molar-refractivity contribution is 7.99. The maximum atomic E-state index is 13.1. The normalized spacial score (nSPS) is 11.2. The van der Waals surface area contributed by atoms with Crippen LogP contribution in [0.3, 0.4) is 0 Å². The average molecular weight is 580 g/mol. The van der Waals surface area contributed by atoms with Crippen LogP contribution in [0, 0.1) is 0 Å². The number of nitrogens with two attached hydrogens (primary N) is 1. The van der Waals surface area contributed by atoms with E-state index < -0.39 is 23.1 Å². The second kappa shape index (κ2) is 10.8. The number of nitrogens with zero attached hydrogens (tertiary/aromatic N) is 7. The molecule has 0 unspecified atom stereocenters. The predicted octanol–water partition coefficient (Wildman–Crippen LogP) is 1.55. The van der Waals surface area contributed by atoms with Gasteiger partial charge in [-0.25, -0.2) is 9.78 Å². The Hall–Kier alpha value is -4.69. The molecule has 0 spiro atoms. The minimum absolute atomic E-state index is 0.0946. The van der Waals surface area contributed by atoms with E-state index in [0.29, 0.717) is 21.4 Å². The van der Waals surface area contributed by atoms with Gasteiger partial charge in [-0.3, -0.25) is 23.5 Å². The summed E-state index contributed by atoms with van der Waals surface area (Å²) >= 11 is 7.41. The fraction of sp³-hybridized carbons (Fsp3) is 0.160. The van der Waals surface area contributed by atoms with Crippen LogP contribution < -0.4 is 22.3 Å². The van der Waals surface area contributed by atoms with Crippen LogP contribution in [0.25, 0.3) is 16.9 Å². The zero-order chi connectivity index (χ0) is 28.6. The molecule has 0 saturated heterocycles. The van der Waals surface area contributed by atoms with Gasteiger partial charge in [-0.1, -0.05) is 59.8 Å². The molecule has 5 aromatic rings. The number of para-hydroxylation sites is 1. The van der Waals surface area contributed by atoms with Crippen LogP contribution in [0.4, 0.5) is 5.82 Å². The number of anilines is 1. The van der Waals surface area contributed by atoms with Gasteiger partial charge in [-0.05, 0) is 23.8 Å². The number of hydrogen-bond donors (Lipinski definition) is 2. The minimum atomic E-state index is -0.858. The van der Waals surface area contributed by atoms with Crippen LogP contribution in [0.2, 0.25) is 5.02 Å². The molecule has 0 aliphatic carbocycles. The molecule has 0 bridgehead atoms. The van der Waals surface area contributed by atoms with E-state index >= 15 is 0 Å². The third-order valence-electron chi connectivity index (χ3n) is 6.02. The van der Waals surface area contributed by atoms with Crippen molar-refractivity contribution in [1.29, 1.82) is 0 Å². The molecular weight excluding hydrogens is 558 g/mol. The topological polar surface area (TPSA) is 165 Å². The SMILES string of the molecule is Cn1c(=O)c2c(nc(SCC(=O)Nc3nn(-c4ccccc4)nc3C(N)=O)n2Cc2ccccc2Cl)n(C)c1=O. The van der Waals surface area contributed by atoms with Gasteiger partial charge < -0.3 is 15.6 Å². The van der Waals surface area contributed by atoms with Gasteiger partial charge >= 0.3 is 5.69 Å². The first-order valence-electron chi connectivity index (χ1n) is 11.8. The minimum Gasteiger partial charge on any atom is -0.364 e. The van der Waals surface area contributed by atoms with Crippen molar-refractivity contribution < 1.29 is 9.59 Å². The number of halogens is 1. The molecule has 3 aromatic heterocycles. The molecule has 204 valence electrons. The van der Waals surface area contributed by atoms with Gasteiger partial charge in [0.15, 0.2) is 27.8 Å². The largest absolute Gasteiger partial charge is 0.364 e. The first-order valence-corrected chi connectivity index (χ1v) is 13.2. The van der Waals surface area contributed by atoms with Gasteiger partial charge in [0.05, 0.1) is 18.0 Å². The van der Waals surface area contributed by atoms with Gasteiger partial charge in [0.2, 0.25) is 5.91 Å². The Morgan fingerprint density at radius 3 is 2.40 bits per heavy atom. The Morgan fingerprint density at radius 1 is 1.00 bits per heavy atom. The molecule has 0 atom stereocenters. The zero-order valence-electron chi connectivity index (χ0n) is 21.2. The lowest BCUT2D eigenvalue weighted by Gasteiger charge is -2.11. The van der Waals surface area contributed by atoms with Crippen molar-refractivity contribution in [2.24, 2.45) is 19.8 Å². The summed E-state index contributed by atoms with van der Waals surface area (Å²) < 4.78 is 3.89. The van der Waals surface area contributed by atoms with Gasteiger partial charge in [0.25, 0.3) is 11.5 Å². The third-order valence-corrected chi connectivity index (χ3v) is 7.37. The van der Waals surface area contributed by atoms with Crippen molar-refractivity contribution in [1.82, 2.24) is 33.7 Å². The Balaban J connectivity index is 1.46. The maximum absolute atomic E-state index is 13.1. The molecule has 2 aromatic carbocycles. The van der Waals surface area contributed by atoms with E-state index in [2.05, 4.69) is 20.5 Å². The van der Waals surface area contributed by atoms with Crippen LogP contribution in [0.1, 0.15) is 16.1 Å². The van der Waals surface area contributed by atoms with E-state index in [1.807, 2.05) is 18.2 Å². The van der Waals surface area contributed by atoms with Gasteiger partial charge in [-0.2, -0.15) is 0 Å². The number of hydrogen-bond acceptors (Lipinski definition) is 8. The smallest absolute Gasteiger partial charge is 0.332 e. The number of aromatic nitrogens is 7. The van der Waals surface area contributed by atoms with Crippen LogP contribution in [-0.4, -0.2) is 51.2 Å². The maximum Gasteiger partial charge on any atom is 0.332 e.